The molecule has 1 aliphatic rings. The lowest BCUT2D eigenvalue weighted by Gasteiger charge is -2.32. The summed E-state index contributed by atoms with van der Waals surface area (Å²) in [5.41, 5.74) is 1.07. The number of rotatable bonds is 4. The summed E-state index contributed by atoms with van der Waals surface area (Å²) in [6.07, 6.45) is 8.20. The first-order valence-corrected chi connectivity index (χ1v) is 10.3. The van der Waals surface area contributed by atoms with Crippen LogP contribution in [0.3, 0.4) is 0 Å². The van der Waals surface area contributed by atoms with Gasteiger partial charge in [-0.15, -0.1) is 0 Å². The van der Waals surface area contributed by atoms with E-state index >= 15 is 0 Å². The number of hydrogen-bond donors (Lipinski definition) is 1. The summed E-state index contributed by atoms with van der Waals surface area (Å²) in [5, 5.41) is 3.63. The van der Waals surface area contributed by atoms with E-state index in [1.807, 2.05) is 0 Å². The molecule has 154 valence electrons. The first kappa shape index (κ1) is 20.4. The third-order valence-corrected chi connectivity index (χ3v) is 5.77. The van der Waals surface area contributed by atoms with Gasteiger partial charge in [-0.2, -0.15) is 0 Å². The fourth-order valence-corrected chi connectivity index (χ4v) is 3.74. The Labute approximate surface area is 183 Å². The largest absolute Gasteiger partial charge is 0.338 e. The Morgan fingerprint density at radius 2 is 2.00 bits per heavy atom. The fraction of sp³-hybridized carbons (Fsp3) is 0.238. The zero-order valence-corrected chi connectivity index (χ0v) is 17.5. The van der Waals surface area contributed by atoms with Crippen LogP contribution in [0.5, 0.6) is 0 Å². The molecule has 1 N–H and O–H groups in total. The van der Waals surface area contributed by atoms with Crippen LogP contribution in [0.4, 0.5) is 5.69 Å². The van der Waals surface area contributed by atoms with Crippen molar-refractivity contribution in [2.45, 2.75) is 12.8 Å². The van der Waals surface area contributed by atoms with Gasteiger partial charge in [0.2, 0.25) is 5.91 Å². The van der Waals surface area contributed by atoms with E-state index in [1.165, 1.54) is 0 Å². The van der Waals surface area contributed by atoms with Crippen LogP contribution in [0.2, 0.25) is 10.0 Å². The van der Waals surface area contributed by atoms with Crippen LogP contribution in [0.15, 0.2) is 55.2 Å². The van der Waals surface area contributed by atoms with Gasteiger partial charge < -0.3 is 10.2 Å². The molecular weight excluding hydrogens is 425 g/mol. The predicted molar refractivity (Wildman–Crippen MR) is 115 cm³/mol. The highest BCUT2D eigenvalue weighted by atomic mass is 35.5. The number of aromatic nitrogens is 3. The summed E-state index contributed by atoms with van der Waals surface area (Å²) >= 11 is 12.0. The Balaban J connectivity index is 1.39. The van der Waals surface area contributed by atoms with Crippen LogP contribution in [-0.4, -0.2) is 44.3 Å². The molecule has 1 unspecified atom stereocenters. The minimum Gasteiger partial charge on any atom is -0.338 e. The molecule has 3 heterocycles. The molecule has 3 aromatic rings. The van der Waals surface area contributed by atoms with Gasteiger partial charge in [-0.3, -0.25) is 14.2 Å². The highest BCUT2D eigenvalue weighted by Crippen LogP contribution is 2.25. The van der Waals surface area contributed by atoms with Gasteiger partial charge in [0.15, 0.2) is 0 Å². The molecule has 0 spiro atoms. The molecule has 1 aliphatic heterocycles. The van der Waals surface area contributed by atoms with Crippen molar-refractivity contribution in [3.63, 3.8) is 0 Å². The standard InChI is InChI=1S/C21H19Cl2N5O2/c22-17-5-3-14(10-18(17)23)21(30)27-8-1-2-15(12-27)20(29)26-16-4-6-19(25-11-16)28-9-7-24-13-28/h3-7,9-11,13,15H,1-2,8,12H2,(H,26,29). The second kappa shape index (κ2) is 8.85. The van der Waals surface area contributed by atoms with Crippen molar-refractivity contribution in [2.24, 2.45) is 5.92 Å². The number of piperidine rings is 1. The van der Waals surface area contributed by atoms with E-state index in [4.69, 9.17) is 23.2 Å². The third-order valence-electron chi connectivity index (χ3n) is 5.03. The van der Waals surface area contributed by atoms with Gasteiger partial charge in [-0.1, -0.05) is 23.2 Å². The molecule has 0 saturated carbocycles. The highest BCUT2D eigenvalue weighted by Gasteiger charge is 2.29. The molecule has 30 heavy (non-hydrogen) atoms. The first-order chi connectivity index (χ1) is 14.5. The first-order valence-electron chi connectivity index (χ1n) is 9.51. The van der Waals surface area contributed by atoms with Crippen LogP contribution in [0.25, 0.3) is 5.82 Å². The second-order valence-corrected chi connectivity index (χ2v) is 7.90. The lowest BCUT2D eigenvalue weighted by atomic mass is 9.96. The van der Waals surface area contributed by atoms with Crippen LogP contribution in [-0.2, 0) is 4.79 Å². The number of imidazole rings is 1. The Bertz CT molecular complexity index is 1050. The molecule has 2 amide bonds. The molecule has 0 radical (unpaired) electrons. The van der Waals surface area contributed by atoms with E-state index in [0.29, 0.717) is 40.2 Å². The van der Waals surface area contributed by atoms with E-state index in [9.17, 15) is 9.59 Å². The van der Waals surface area contributed by atoms with Gasteiger partial charge in [0, 0.05) is 31.0 Å². The van der Waals surface area contributed by atoms with E-state index < -0.39 is 0 Å². The molecule has 0 bridgehead atoms. The number of halogens is 2. The van der Waals surface area contributed by atoms with Crippen molar-refractivity contribution in [1.29, 1.82) is 0 Å². The predicted octanol–water partition coefficient (Wildman–Crippen LogP) is 4.07. The number of anilines is 1. The highest BCUT2D eigenvalue weighted by molar-refractivity contribution is 6.42. The van der Waals surface area contributed by atoms with Gasteiger partial charge in [-0.05, 0) is 43.2 Å². The average Bonchev–Trinajstić information content (AvgIpc) is 3.31. The van der Waals surface area contributed by atoms with Crippen molar-refractivity contribution in [3.8, 4) is 5.82 Å². The number of nitrogens with one attached hydrogen (secondary N) is 1. The minimum atomic E-state index is -0.293. The number of nitrogens with zero attached hydrogens (tertiary/aromatic N) is 4. The van der Waals surface area contributed by atoms with Crippen molar-refractivity contribution in [3.05, 3.63) is 70.9 Å². The molecule has 4 rings (SSSR count). The Hall–Kier alpha value is -2.90. The van der Waals surface area contributed by atoms with Crippen LogP contribution in [0.1, 0.15) is 23.2 Å². The van der Waals surface area contributed by atoms with Gasteiger partial charge in [0.25, 0.3) is 5.91 Å². The maximum atomic E-state index is 12.8. The molecule has 7 nitrogen and oxygen atoms in total. The molecule has 0 aliphatic carbocycles. The lowest BCUT2D eigenvalue weighted by molar-refractivity contribution is -0.121. The van der Waals surface area contributed by atoms with Crippen molar-refractivity contribution >= 4 is 40.7 Å². The summed E-state index contributed by atoms with van der Waals surface area (Å²) in [4.78, 5) is 35.6. The SMILES string of the molecule is O=C(Nc1ccc(-n2ccnc2)nc1)C1CCCN(C(=O)c2ccc(Cl)c(Cl)c2)C1. The summed E-state index contributed by atoms with van der Waals surface area (Å²) in [6.45, 7) is 0.954. The topological polar surface area (TPSA) is 80.1 Å². The van der Waals surface area contributed by atoms with Crippen LogP contribution in [0, 0.1) is 5.92 Å². The molecule has 2 aromatic heterocycles. The maximum Gasteiger partial charge on any atom is 0.253 e. The minimum absolute atomic E-state index is 0.126. The fourth-order valence-electron chi connectivity index (χ4n) is 3.44. The zero-order chi connectivity index (χ0) is 21.1. The Morgan fingerprint density at radius 1 is 1.13 bits per heavy atom. The Morgan fingerprint density at radius 3 is 2.70 bits per heavy atom. The van der Waals surface area contributed by atoms with Gasteiger partial charge in [0.05, 0.1) is 27.8 Å². The summed E-state index contributed by atoms with van der Waals surface area (Å²) in [6, 6.07) is 8.41. The normalized spacial score (nSPS) is 16.3. The quantitative estimate of drug-likeness (QED) is 0.658. The van der Waals surface area contributed by atoms with Gasteiger partial charge >= 0.3 is 0 Å². The number of pyridine rings is 1. The Kier molecular flexibility index (Phi) is 6.01. The van der Waals surface area contributed by atoms with Crippen LogP contribution >= 0.6 is 23.2 Å². The van der Waals surface area contributed by atoms with Gasteiger partial charge in [0.1, 0.15) is 12.1 Å². The number of carbonyl (C=O) groups excluding carboxylic acids is 2. The number of amides is 2. The molecule has 1 saturated heterocycles. The van der Waals surface area contributed by atoms with E-state index in [-0.39, 0.29) is 17.7 Å². The monoisotopic (exact) mass is 443 g/mol. The molecule has 1 aromatic carbocycles. The van der Waals surface area contributed by atoms with E-state index in [0.717, 1.165) is 12.8 Å². The van der Waals surface area contributed by atoms with E-state index in [1.54, 1.807) is 64.7 Å². The number of likely N-dealkylation sites (tertiary alicyclic amines) is 1. The smallest absolute Gasteiger partial charge is 0.253 e. The lowest BCUT2D eigenvalue weighted by Crippen LogP contribution is -2.43. The molecule has 9 heteroatoms. The van der Waals surface area contributed by atoms with E-state index in [2.05, 4.69) is 15.3 Å². The second-order valence-electron chi connectivity index (χ2n) is 7.08. The van der Waals surface area contributed by atoms with Gasteiger partial charge in [-0.25, -0.2) is 9.97 Å². The van der Waals surface area contributed by atoms with Crippen LogP contribution < -0.4 is 5.32 Å². The molecule has 1 fully saturated rings. The third kappa shape index (κ3) is 4.47. The molecule has 1 atom stereocenters. The number of benzene rings is 1. The summed E-state index contributed by atoms with van der Waals surface area (Å²) < 4.78 is 1.78. The number of hydrogen-bond acceptors (Lipinski definition) is 4. The molecular formula is C21H19Cl2N5O2. The average molecular weight is 444 g/mol. The maximum absolute atomic E-state index is 12.8. The summed E-state index contributed by atoms with van der Waals surface area (Å²) in [5.74, 6) is 0.136. The summed E-state index contributed by atoms with van der Waals surface area (Å²) in [7, 11) is 0. The van der Waals surface area contributed by atoms with Crippen molar-refractivity contribution in [2.75, 3.05) is 18.4 Å². The van der Waals surface area contributed by atoms with Crippen molar-refractivity contribution in [1.82, 2.24) is 19.4 Å². The van der Waals surface area contributed by atoms with Crippen molar-refractivity contribution < 1.29 is 9.59 Å². The zero-order valence-electron chi connectivity index (χ0n) is 16.0. The number of carbonyl (C=O) groups is 2.